The first kappa shape index (κ1) is 23.3. The zero-order valence-corrected chi connectivity index (χ0v) is 20.4. The van der Waals surface area contributed by atoms with Crippen LogP contribution in [0.4, 0.5) is 5.95 Å². The highest BCUT2D eigenvalue weighted by molar-refractivity contribution is 5.77. The number of nitrogens with zero attached hydrogens (tertiary/aromatic N) is 5. The molecule has 2 aromatic rings. The van der Waals surface area contributed by atoms with E-state index in [-0.39, 0.29) is 11.3 Å². The summed E-state index contributed by atoms with van der Waals surface area (Å²) < 4.78 is 11.5. The Bertz CT molecular complexity index is 979. The summed E-state index contributed by atoms with van der Waals surface area (Å²) in [6.07, 6.45) is 1.21. The molecule has 33 heavy (non-hydrogen) atoms. The summed E-state index contributed by atoms with van der Waals surface area (Å²) in [6, 6.07) is 7.47. The van der Waals surface area contributed by atoms with Crippen LogP contribution >= 0.6 is 0 Å². The van der Waals surface area contributed by atoms with E-state index in [0.717, 1.165) is 43.2 Å². The number of hydrogen-bond acceptors (Lipinski definition) is 7. The predicted molar refractivity (Wildman–Crippen MR) is 128 cm³/mol. The monoisotopic (exact) mass is 453 g/mol. The Balaban J connectivity index is 1.64. The van der Waals surface area contributed by atoms with Gasteiger partial charge in [0.25, 0.3) is 0 Å². The number of rotatable bonds is 5. The van der Waals surface area contributed by atoms with Crippen molar-refractivity contribution >= 4 is 11.9 Å². The maximum atomic E-state index is 12.9. The van der Waals surface area contributed by atoms with Crippen LogP contribution in [-0.4, -0.2) is 72.6 Å². The Morgan fingerprint density at radius 1 is 1.00 bits per heavy atom. The molecule has 178 valence electrons. The summed E-state index contributed by atoms with van der Waals surface area (Å²) in [4.78, 5) is 29.1. The van der Waals surface area contributed by atoms with Crippen LogP contribution in [0.2, 0.25) is 0 Å². The molecule has 0 bridgehead atoms. The lowest BCUT2D eigenvalue weighted by Crippen LogP contribution is -2.45. The smallest absolute Gasteiger partial charge is 0.229 e. The molecule has 0 N–H and O–H groups in total. The van der Waals surface area contributed by atoms with Crippen LogP contribution in [0.15, 0.2) is 24.3 Å². The van der Waals surface area contributed by atoms with Gasteiger partial charge in [-0.05, 0) is 36.7 Å². The van der Waals surface area contributed by atoms with Gasteiger partial charge in [-0.3, -0.25) is 4.79 Å². The highest BCUT2D eigenvalue weighted by atomic mass is 16.5. The normalized spacial score (nSPS) is 17.0. The van der Waals surface area contributed by atoms with Crippen LogP contribution in [0, 0.1) is 5.41 Å². The quantitative estimate of drug-likeness (QED) is 0.688. The van der Waals surface area contributed by atoms with Gasteiger partial charge in [0, 0.05) is 45.6 Å². The molecule has 1 fully saturated rings. The van der Waals surface area contributed by atoms with Crippen molar-refractivity contribution in [3.05, 3.63) is 35.5 Å². The summed E-state index contributed by atoms with van der Waals surface area (Å²) >= 11 is 0. The van der Waals surface area contributed by atoms with Crippen LogP contribution in [0.3, 0.4) is 0 Å². The number of amides is 1. The van der Waals surface area contributed by atoms with Gasteiger partial charge in [0.2, 0.25) is 17.7 Å². The van der Waals surface area contributed by atoms with Crippen molar-refractivity contribution in [1.29, 1.82) is 0 Å². The first-order chi connectivity index (χ1) is 15.7. The fourth-order valence-electron chi connectivity index (χ4n) is 4.14. The molecule has 0 aliphatic carbocycles. The lowest BCUT2D eigenvalue weighted by Gasteiger charge is -2.34. The summed E-state index contributed by atoms with van der Waals surface area (Å²) in [5.74, 6) is 2.85. The molecule has 2 aliphatic heterocycles. The van der Waals surface area contributed by atoms with Crippen LogP contribution in [0.25, 0.3) is 0 Å². The molecule has 8 heteroatoms. The molecule has 3 heterocycles. The number of ether oxygens (including phenoxy) is 2. The summed E-state index contributed by atoms with van der Waals surface area (Å²) in [6.45, 7) is 11.1. The number of hydrogen-bond donors (Lipinski definition) is 0. The number of methoxy groups -OCH3 is 1. The Labute approximate surface area is 196 Å². The maximum Gasteiger partial charge on any atom is 0.229 e. The third kappa shape index (κ3) is 5.74. The van der Waals surface area contributed by atoms with Crippen molar-refractivity contribution in [2.45, 2.75) is 40.2 Å². The van der Waals surface area contributed by atoms with Gasteiger partial charge >= 0.3 is 0 Å². The molecular formula is C25H35N5O3. The van der Waals surface area contributed by atoms with E-state index in [9.17, 15) is 4.79 Å². The van der Waals surface area contributed by atoms with Gasteiger partial charge in [-0.25, -0.2) is 4.98 Å². The molecule has 2 aliphatic rings. The lowest BCUT2D eigenvalue weighted by molar-refractivity contribution is -0.134. The highest BCUT2D eigenvalue weighted by Crippen LogP contribution is 2.33. The number of carbonyl (C=O) groups excluding carboxylic acids is 1. The van der Waals surface area contributed by atoms with Crippen LogP contribution in [-0.2, 0) is 17.8 Å². The molecule has 0 spiro atoms. The highest BCUT2D eigenvalue weighted by Gasteiger charge is 2.30. The summed E-state index contributed by atoms with van der Waals surface area (Å²) in [5.41, 5.74) is 1.82. The summed E-state index contributed by atoms with van der Waals surface area (Å²) in [5, 5.41) is 0. The Morgan fingerprint density at radius 3 is 2.30 bits per heavy atom. The second kappa shape index (κ2) is 9.55. The van der Waals surface area contributed by atoms with Gasteiger partial charge in [-0.2, -0.15) is 4.98 Å². The van der Waals surface area contributed by atoms with E-state index in [0.29, 0.717) is 43.5 Å². The van der Waals surface area contributed by atoms with E-state index < -0.39 is 0 Å². The number of fused-ring (bicyclic) bond motifs is 1. The molecule has 4 rings (SSSR count). The second-order valence-electron chi connectivity index (χ2n) is 10.1. The molecule has 1 aromatic carbocycles. The van der Waals surface area contributed by atoms with E-state index in [2.05, 4.69) is 37.6 Å². The zero-order chi connectivity index (χ0) is 23.6. The average Bonchev–Trinajstić information content (AvgIpc) is 2.78. The van der Waals surface area contributed by atoms with E-state index in [1.54, 1.807) is 7.11 Å². The van der Waals surface area contributed by atoms with Crippen LogP contribution in [0.5, 0.6) is 17.4 Å². The topological polar surface area (TPSA) is 71.0 Å². The number of likely N-dealkylation sites (N-methyl/N-ethyl adjacent to an activating group) is 1. The van der Waals surface area contributed by atoms with E-state index in [1.165, 1.54) is 0 Å². The molecule has 0 atom stereocenters. The number of aromatic nitrogens is 2. The van der Waals surface area contributed by atoms with Crippen LogP contribution in [0.1, 0.15) is 38.4 Å². The minimum atomic E-state index is -0.0540. The molecule has 1 aromatic heterocycles. The molecule has 0 radical (unpaired) electrons. The Morgan fingerprint density at radius 2 is 1.67 bits per heavy atom. The molecule has 1 amide bonds. The van der Waals surface area contributed by atoms with Crippen molar-refractivity contribution in [2.75, 3.05) is 51.8 Å². The Hall–Kier alpha value is -2.87. The van der Waals surface area contributed by atoms with Crippen molar-refractivity contribution in [1.82, 2.24) is 19.8 Å². The predicted octanol–water partition coefficient (Wildman–Crippen LogP) is 3.35. The van der Waals surface area contributed by atoms with Crippen molar-refractivity contribution in [3.8, 4) is 17.4 Å². The standard InChI is InChI=1S/C25H35N5O3/c1-25(2,3)16-22(31)30-11-10-21-20(17-30)23(33-19-8-6-18(32-5)7-9-19)27-24(26-21)29-14-12-28(4)13-15-29/h6-9H,10-17H2,1-5H3. The van der Waals surface area contributed by atoms with Gasteiger partial charge in [0.05, 0.1) is 24.9 Å². The first-order valence-electron chi connectivity index (χ1n) is 11.6. The number of benzene rings is 1. The number of carbonyl (C=O) groups is 1. The molecule has 8 nitrogen and oxygen atoms in total. The molecule has 0 unspecified atom stereocenters. The summed E-state index contributed by atoms with van der Waals surface area (Å²) in [7, 11) is 3.77. The third-order valence-corrected chi connectivity index (χ3v) is 6.10. The molecule has 0 saturated carbocycles. The lowest BCUT2D eigenvalue weighted by atomic mass is 9.91. The Kier molecular flexibility index (Phi) is 6.74. The van der Waals surface area contributed by atoms with Gasteiger partial charge in [0.1, 0.15) is 11.5 Å². The van der Waals surface area contributed by atoms with E-state index in [4.69, 9.17) is 19.4 Å². The van der Waals surface area contributed by atoms with Crippen LogP contribution < -0.4 is 14.4 Å². The number of piperazine rings is 1. The minimum Gasteiger partial charge on any atom is -0.497 e. The maximum absolute atomic E-state index is 12.9. The van der Waals surface area contributed by atoms with Crippen molar-refractivity contribution in [2.24, 2.45) is 5.41 Å². The van der Waals surface area contributed by atoms with Gasteiger partial charge < -0.3 is 24.2 Å². The number of anilines is 1. The largest absolute Gasteiger partial charge is 0.497 e. The van der Waals surface area contributed by atoms with Gasteiger partial charge in [-0.1, -0.05) is 20.8 Å². The fourth-order valence-corrected chi connectivity index (χ4v) is 4.14. The van der Waals surface area contributed by atoms with Gasteiger partial charge in [0.15, 0.2) is 0 Å². The second-order valence-corrected chi connectivity index (χ2v) is 10.1. The fraction of sp³-hybridized carbons (Fsp3) is 0.560. The van der Waals surface area contributed by atoms with Crippen molar-refractivity contribution in [3.63, 3.8) is 0 Å². The minimum absolute atomic E-state index is 0.0540. The van der Waals surface area contributed by atoms with E-state index >= 15 is 0 Å². The van der Waals surface area contributed by atoms with Crippen molar-refractivity contribution < 1.29 is 14.3 Å². The SMILES string of the molecule is COc1ccc(Oc2nc(N3CCN(C)CC3)nc3c2CN(C(=O)CC(C)(C)C)CC3)cc1. The first-order valence-corrected chi connectivity index (χ1v) is 11.6. The zero-order valence-electron chi connectivity index (χ0n) is 20.4. The van der Waals surface area contributed by atoms with E-state index in [1.807, 2.05) is 29.2 Å². The molecule has 1 saturated heterocycles. The third-order valence-electron chi connectivity index (χ3n) is 6.10. The average molecular weight is 454 g/mol. The van der Waals surface area contributed by atoms with Gasteiger partial charge in [-0.15, -0.1) is 0 Å². The molecular weight excluding hydrogens is 418 g/mol.